The predicted molar refractivity (Wildman–Crippen MR) is 78.9 cm³/mol. The fraction of sp³-hybridized carbons (Fsp3) is 0.312. The van der Waals surface area contributed by atoms with Gasteiger partial charge in [0.25, 0.3) is 5.91 Å². The molecule has 1 amide bonds. The molecule has 0 fully saturated rings. The fourth-order valence-electron chi connectivity index (χ4n) is 2.52. The van der Waals surface area contributed by atoms with E-state index in [0.29, 0.717) is 31.1 Å². The Kier molecular flexibility index (Phi) is 3.79. The van der Waals surface area contributed by atoms with Gasteiger partial charge in [-0.05, 0) is 25.1 Å². The highest BCUT2D eigenvalue weighted by atomic mass is 16.5. The first-order valence-electron chi connectivity index (χ1n) is 7.14. The van der Waals surface area contributed by atoms with Gasteiger partial charge in [0.05, 0.1) is 18.8 Å². The first kappa shape index (κ1) is 14.1. The van der Waals surface area contributed by atoms with Crippen LogP contribution in [0.4, 0.5) is 0 Å². The second kappa shape index (κ2) is 5.90. The molecule has 0 saturated carbocycles. The predicted octanol–water partition coefficient (Wildman–Crippen LogP) is 1.56. The van der Waals surface area contributed by atoms with Crippen LogP contribution >= 0.6 is 0 Å². The quantitative estimate of drug-likeness (QED) is 0.862. The molecule has 2 heterocycles. The average Bonchev–Trinajstić information content (AvgIpc) is 2.97. The molecule has 0 aliphatic carbocycles. The van der Waals surface area contributed by atoms with Crippen LogP contribution in [0.15, 0.2) is 36.4 Å². The van der Waals surface area contributed by atoms with Gasteiger partial charge >= 0.3 is 0 Å². The summed E-state index contributed by atoms with van der Waals surface area (Å²) in [4.78, 5) is 14.2. The molecule has 2 aromatic rings. The Hall–Kier alpha value is -2.81. The number of para-hydroxylation sites is 1. The van der Waals surface area contributed by atoms with Crippen LogP contribution in [0.5, 0.6) is 5.75 Å². The Bertz CT molecular complexity index is 717. The fourth-order valence-corrected chi connectivity index (χ4v) is 2.52. The van der Waals surface area contributed by atoms with Crippen LogP contribution in [0.25, 0.3) is 0 Å². The number of amides is 1. The summed E-state index contributed by atoms with van der Waals surface area (Å²) in [7, 11) is 0. The molecular weight excluding hydrogens is 280 g/mol. The van der Waals surface area contributed by atoms with Crippen molar-refractivity contribution in [3.63, 3.8) is 0 Å². The average molecular weight is 296 g/mol. The van der Waals surface area contributed by atoms with Gasteiger partial charge < -0.3 is 9.64 Å². The summed E-state index contributed by atoms with van der Waals surface area (Å²) in [5, 5.41) is 13.0. The summed E-state index contributed by atoms with van der Waals surface area (Å²) in [6, 6.07) is 13.0. The van der Waals surface area contributed by atoms with Gasteiger partial charge in [0.15, 0.2) is 11.8 Å². The number of carbonyl (C=O) groups excluding carboxylic acids is 1. The molecule has 0 radical (unpaired) electrons. The van der Waals surface area contributed by atoms with Gasteiger partial charge in [-0.3, -0.25) is 9.48 Å². The van der Waals surface area contributed by atoms with Crippen LogP contribution in [0.1, 0.15) is 18.3 Å². The van der Waals surface area contributed by atoms with Crippen LogP contribution in [-0.2, 0) is 17.9 Å². The van der Waals surface area contributed by atoms with Gasteiger partial charge in [0.1, 0.15) is 11.8 Å². The van der Waals surface area contributed by atoms with Gasteiger partial charge in [-0.25, -0.2) is 0 Å². The SMILES string of the molecule is C[C@@H](Oc1ccccc1)C(=O)N1CCn2nc(C#N)cc2C1. The zero-order chi connectivity index (χ0) is 15.5. The smallest absolute Gasteiger partial charge is 0.263 e. The van der Waals surface area contributed by atoms with Crippen molar-refractivity contribution in [2.24, 2.45) is 0 Å². The monoisotopic (exact) mass is 296 g/mol. The zero-order valence-electron chi connectivity index (χ0n) is 12.3. The van der Waals surface area contributed by atoms with Crippen molar-refractivity contribution >= 4 is 5.91 Å². The minimum absolute atomic E-state index is 0.0604. The van der Waals surface area contributed by atoms with Gasteiger partial charge in [0, 0.05) is 6.54 Å². The van der Waals surface area contributed by atoms with Crippen molar-refractivity contribution in [1.82, 2.24) is 14.7 Å². The molecule has 0 bridgehead atoms. The van der Waals surface area contributed by atoms with Crippen LogP contribution in [0.2, 0.25) is 0 Å². The number of nitrogens with zero attached hydrogens (tertiary/aromatic N) is 4. The Morgan fingerprint density at radius 1 is 1.36 bits per heavy atom. The topological polar surface area (TPSA) is 71.2 Å². The maximum atomic E-state index is 12.5. The molecule has 3 rings (SSSR count). The Morgan fingerprint density at radius 2 is 2.14 bits per heavy atom. The number of fused-ring (bicyclic) bond motifs is 1. The van der Waals surface area contributed by atoms with E-state index < -0.39 is 6.10 Å². The molecule has 1 atom stereocenters. The van der Waals surface area contributed by atoms with E-state index in [2.05, 4.69) is 5.10 Å². The van der Waals surface area contributed by atoms with E-state index in [0.717, 1.165) is 5.69 Å². The molecule has 0 spiro atoms. The normalized spacial score (nSPS) is 14.8. The molecule has 1 aliphatic heterocycles. The van der Waals surface area contributed by atoms with E-state index in [1.807, 2.05) is 36.4 Å². The maximum Gasteiger partial charge on any atom is 0.263 e. The lowest BCUT2D eigenvalue weighted by Gasteiger charge is -2.29. The lowest BCUT2D eigenvalue weighted by Crippen LogP contribution is -2.44. The zero-order valence-corrected chi connectivity index (χ0v) is 12.3. The molecule has 112 valence electrons. The van der Waals surface area contributed by atoms with Crippen molar-refractivity contribution in [1.29, 1.82) is 5.26 Å². The minimum Gasteiger partial charge on any atom is -0.481 e. The number of benzene rings is 1. The summed E-state index contributed by atoms with van der Waals surface area (Å²) in [5.74, 6) is 0.618. The Labute approximate surface area is 128 Å². The number of aromatic nitrogens is 2. The molecule has 6 heteroatoms. The summed E-state index contributed by atoms with van der Waals surface area (Å²) in [5.41, 5.74) is 1.26. The molecule has 22 heavy (non-hydrogen) atoms. The van der Waals surface area contributed by atoms with E-state index in [1.54, 1.807) is 22.6 Å². The third-order valence-corrected chi connectivity index (χ3v) is 3.63. The van der Waals surface area contributed by atoms with E-state index in [4.69, 9.17) is 10.00 Å². The number of hydrogen-bond donors (Lipinski definition) is 0. The van der Waals surface area contributed by atoms with Gasteiger partial charge in [-0.2, -0.15) is 10.4 Å². The first-order valence-corrected chi connectivity index (χ1v) is 7.14. The molecule has 0 N–H and O–H groups in total. The highest BCUT2D eigenvalue weighted by Gasteiger charge is 2.26. The Morgan fingerprint density at radius 3 is 2.86 bits per heavy atom. The number of hydrogen-bond acceptors (Lipinski definition) is 4. The highest BCUT2D eigenvalue weighted by molar-refractivity contribution is 5.81. The van der Waals surface area contributed by atoms with Crippen LogP contribution in [0, 0.1) is 11.3 Å². The molecule has 1 aromatic carbocycles. The number of ether oxygens (including phenoxy) is 1. The molecular formula is C16H16N4O2. The van der Waals surface area contributed by atoms with Crippen LogP contribution in [-0.4, -0.2) is 33.2 Å². The van der Waals surface area contributed by atoms with Gasteiger partial charge in [-0.1, -0.05) is 18.2 Å². The van der Waals surface area contributed by atoms with Crippen LogP contribution in [0.3, 0.4) is 0 Å². The van der Waals surface area contributed by atoms with Crippen molar-refractivity contribution < 1.29 is 9.53 Å². The minimum atomic E-state index is -0.549. The van der Waals surface area contributed by atoms with E-state index in [-0.39, 0.29) is 5.91 Å². The standard InChI is InChI=1S/C16H16N4O2/c1-12(22-15-5-3-2-4-6-15)16(21)19-7-8-20-14(11-19)9-13(10-17)18-20/h2-6,9,12H,7-8,11H2,1H3/t12-/m1/s1. The summed E-state index contributed by atoms with van der Waals surface area (Å²) >= 11 is 0. The summed E-state index contributed by atoms with van der Waals surface area (Å²) < 4.78 is 7.46. The van der Waals surface area contributed by atoms with E-state index in [9.17, 15) is 4.79 Å². The maximum absolute atomic E-state index is 12.5. The summed E-state index contributed by atoms with van der Waals surface area (Å²) in [6.45, 7) is 3.37. The molecule has 0 unspecified atom stereocenters. The Balaban J connectivity index is 1.67. The van der Waals surface area contributed by atoms with E-state index >= 15 is 0 Å². The first-order chi connectivity index (χ1) is 10.7. The third kappa shape index (κ3) is 2.79. The molecule has 6 nitrogen and oxygen atoms in total. The second-order valence-electron chi connectivity index (χ2n) is 5.19. The van der Waals surface area contributed by atoms with Crippen molar-refractivity contribution in [2.75, 3.05) is 6.54 Å². The van der Waals surface area contributed by atoms with Crippen molar-refractivity contribution in [3.05, 3.63) is 47.8 Å². The second-order valence-corrected chi connectivity index (χ2v) is 5.19. The lowest BCUT2D eigenvalue weighted by molar-refractivity contribution is -0.139. The summed E-state index contributed by atoms with van der Waals surface area (Å²) in [6.07, 6.45) is -0.549. The third-order valence-electron chi connectivity index (χ3n) is 3.63. The number of carbonyl (C=O) groups is 1. The highest BCUT2D eigenvalue weighted by Crippen LogP contribution is 2.17. The van der Waals surface area contributed by atoms with Crippen molar-refractivity contribution in [3.8, 4) is 11.8 Å². The number of nitriles is 1. The van der Waals surface area contributed by atoms with Crippen molar-refractivity contribution in [2.45, 2.75) is 26.1 Å². The van der Waals surface area contributed by atoms with E-state index in [1.165, 1.54) is 0 Å². The molecule has 1 aromatic heterocycles. The van der Waals surface area contributed by atoms with Crippen LogP contribution < -0.4 is 4.74 Å². The van der Waals surface area contributed by atoms with Gasteiger partial charge in [0.2, 0.25) is 0 Å². The van der Waals surface area contributed by atoms with Gasteiger partial charge in [-0.15, -0.1) is 0 Å². The number of rotatable bonds is 3. The largest absolute Gasteiger partial charge is 0.481 e. The molecule has 1 aliphatic rings. The molecule has 0 saturated heterocycles. The lowest BCUT2D eigenvalue weighted by atomic mass is 10.2.